The lowest BCUT2D eigenvalue weighted by Crippen LogP contribution is -2.23. The highest BCUT2D eigenvalue weighted by Gasteiger charge is 2.03. The van der Waals surface area contributed by atoms with Crippen LogP contribution < -0.4 is 0 Å². The summed E-state index contributed by atoms with van der Waals surface area (Å²) in [5, 5.41) is 9.08. The Kier molecular flexibility index (Phi) is 4.88. The molecule has 4 heteroatoms. The number of ether oxygens (including phenoxy) is 1. The minimum absolute atomic E-state index is 0.197. The fourth-order valence-corrected chi connectivity index (χ4v) is 0.423. The molecule has 1 amide bonds. The topological polar surface area (TPSA) is 49.8 Å². The lowest BCUT2D eigenvalue weighted by Gasteiger charge is -2.06. The number of rotatable bonds is 4. The fraction of sp³-hybridized carbons (Fsp3) is 0.667. The summed E-state index contributed by atoms with van der Waals surface area (Å²) in [6, 6.07) is 0. The first-order chi connectivity index (χ1) is 4.68. The molecular weight excluding hydrogens is 134 g/mol. The number of hydroxylamine groups is 2. The molecule has 1 N–H and O–H groups in total. The molecule has 0 spiro atoms. The van der Waals surface area contributed by atoms with Gasteiger partial charge in [0, 0.05) is 13.7 Å². The van der Waals surface area contributed by atoms with Gasteiger partial charge in [0.05, 0.1) is 13.0 Å². The Hall–Kier alpha value is -0.610. The molecule has 0 aliphatic carbocycles. The standard InChI is InChI=1S/C6H12NO3/c1-3-10-5-4-6(8)7(2)9/h9H,1,3-5H2,2H3. The van der Waals surface area contributed by atoms with Crippen LogP contribution in [0.1, 0.15) is 6.42 Å². The maximum absolute atomic E-state index is 10.6. The lowest BCUT2D eigenvalue weighted by molar-refractivity contribution is -0.160. The van der Waals surface area contributed by atoms with E-state index in [1.54, 1.807) is 0 Å². The monoisotopic (exact) mass is 146 g/mol. The quantitative estimate of drug-likeness (QED) is 0.347. The summed E-state index contributed by atoms with van der Waals surface area (Å²) < 4.78 is 4.78. The van der Waals surface area contributed by atoms with E-state index in [-0.39, 0.29) is 12.3 Å². The van der Waals surface area contributed by atoms with E-state index in [0.717, 1.165) is 0 Å². The van der Waals surface area contributed by atoms with Crippen molar-refractivity contribution in [2.45, 2.75) is 6.42 Å². The van der Waals surface area contributed by atoms with E-state index in [1.165, 1.54) is 7.05 Å². The van der Waals surface area contributed by atoms with Gasteiger partial charge in [-0.25, -0.2) is 5.06 Å². The van der Waals surface area contributed by atoms with E-state index in [1.807, 2.05) is 0 Å². The highest BCUT2D eigenvalue weighted by molar-refractivity contribution is 5.74. The number of amides is 1. The van der Waals surface area contributed by atoms with Crippen LogP contribution in [0.2, 0.25) is 0 Å². The zero-order chi connectivity index (χ0) is 7.98. The number of carbonyl (C=O) groups is 1. The largest absolute Gasteiger partial charge is 0.381 e. The molecule has 0 atom stereocenters. The first-order valence-electron chi connectivity index (χ1n) is 3.01. The van der Waals surface area contributed by atoms with Crippen LogP contribution in [0.15, 0.2) is 0 Å². The average molecular weight is 146 g/mol. The van der Waals surface area contributed by atoms with Gasteiger partial charge in [-0.15, -0.1) is 0 Å². The van der Waals surface area contributed by atoms with Crippen LogP contribution in [0.4, 0.5) is 0 Å². The van der Waals surface area contributed by atoms with Crippen molar-refractivity contribution in [1.82, 2.24) is 5.06 Å². The lowest BCUT2D eigenvalue weighted by atomic mass is 10.4. The fourth-order valence-electron chi connectivity index (χ4n) is 0.423. The predicted octanol–water partition coefficient (Wildman–Crippen LogP) is 0.0748. The van der Waals surface area contributed by atoms with Gasteiger partial charge in [0.2, 0.25) is 5.91 Å². The van der Waals surface area contributed by atoms with Crippen molar-refractivity contribution in [3.63, 3.8) is 0 Å². The molecule has 0 aromatic heterocycles. The number of hydrogen-bond acceptors (Lipinski definition) is 3. The minimum atomic E-state index is -0.353. The summed E-state index contributed by atoms with van der Waals surface area (Å²) >= 11 is 0. The van der Waals surface area contributed by atoms with Gasteiger partial charge in [0.25, 0.3) is 0 Å². The zero-order valence-corrected chi connectivity index (χ0v) is 6.04. The van der Waals surface area contributed by atoms with Gasteiger partial charge < -0.3 is 4.74 Å². The zero-order valence-electron chi connectivity index (χ0n) is 6.04. The van der Waals surface area contributed by atoms with Crippen molar-refractivity contribution < 1.29 is 14.7 Å². The summed E-state index contributed by atoms with van der Waals surface area (Å²) in [7, 11) is 1.28. The highest BCUT2D eigenvalue weighted by atomic mass is 16.5. The van der Waals surface area contributed by atoms with Crippen molar-refractivity contribution in [3.05, 3.63) is 6.92 Å². The number of nitrogens with zero attached hydrogens (tertiary/aromatic N) is 1. The Labute approximate surface area is 60.3 Å². The summed E-state index contributed by atoms with van der Waals surface area (Å²) in [6.07, 6.45) is 0.197. The Balaban J connectivity index is 3.22. The van der Waals surface area contributed by atoms with Crippen molar-refractivity contribution in [3.8, 4) is 0 Å². The molecule has 0 rings (SSSR count). The van der Waals surface area contributed by atoms with Crippen LogP contribution in [-0.2, 0) is 9.53 Å². The van der Waals surface area contributed by atoms with Crippen molar-refractivity contribution in [2.75, 3.05) is 20.3 Å². The van der Waals surface area contributed by atoms with Crippen LogP contribution in [0.25, 0.3) is 0 Å². The number of carbonyl (C=O) groups excluding carboxylic acids is 1. The second kappa shape index (κ2) is 5.20. The summed E-state index contributed by atoms with van der Waals surface area (Å²) in [4.78, 5) is 10.6. The van der Waals surface area contributed by atoms with Crippen molar-refractivity contribution in [2.24, 2.45) is 0 Å². The molecule has 0 saturated heterocycles. The van der Waals surface area contributed by atoms with E-state index in [2.05, 4.69) is 6.92 Å². The first-order valence-corrected chi connectivity index (χ1v) is 3.01. The molecule has 0 heterocycles. The Morgan fingerprint density at radius 1 is 1.80 bits per heavy atom. The first kappa shape index (κ1) is 9.39. The molecule has 0 aliphatic rings. The summed E-state index contributed by atoms with van der Waals surface area (Å²) in [5.41, 5.74) is 0. The van der Waals surface area contributed by atoms with Crippen LogP contribution >= 0.6 is 0 Å². The van der Waals surface area contributed by atoms with E-state index in [4.69, 9.17) is 9.94 Å². The van der Waals surface area contributed by atoms with Gasteiger partial charge in [0.1, 0.15) is 0 Å². The molecule has 0 saturated carbocycles. The van der Waals surface area contributed by atoms with E-state index < -0.39 is 0 Å². The third kappa shape index (κ3) is 4.29. The van der Waals surface area contributed by atoms with Gasteiger partial charge in [0.15, 0.2) is 0 Å². The maximum atomic E-state index is 10.6. The second-order valence-electron chi connectivity index (χ2n) is 1.78. The van der Waals surface area contributed by atoms with Gasteiger partial charge in [-0.1, -0.05) is 0 Å². The Morgan fingerprint density at radius 2 is 2.40 bits per heavy atom. The van der Waals surface area contributed by atoms with Crippen LogP contribution in [-0.4, -0.2) is 36.4 Å². The SMILES string of the molecule is [CH2]COCCC(=O)N(C)O. The molecule has 0 aromatic carbocycles. The molecule has 10 heavy (non-hydrogen) atoms. The Morgan fingerprint density at radius 3 is 2.80 bits per heavy atom. The minimum Gasteiger partial charge on any atom is -0.381 e. The molecule has 0 fully saturated rings. The van der Waals surface area contributed by atoms with Crippen LogP contribution in [0.3, 0.4) is 0 Å². The molecule has 0 bridgehead atoms. The van der Waals surface area contributed by atoms with Crippen molar-refractivity contribution >= 4 is 5.91 Å². The van der Waals surface area contributed by atoms with Gasteiger partial charge >= 0.3 is 0 Å². The molecule has 0 aromatic rings. The predicted molar refractivity (Wildman–Crippen MR) is 35.3 cm³/mol. The Bertz CT molecular complexity index is 103. The number of hydrogen-bond donors (Lipinski definition) is 1. The highest BCUT2D eigenvalue weighted by Crippen LogP contribution is 1.87. The van der Waals surface area contributed by atoms with Gasteiger partial charge in [-0.3, -0.25) is 10.0 Å². The summed E-state index contributed by atoms with van der Waals surface area (Å²) in [6.45, 7) is 4.08. The van der Waals surface area contributed by atoms with Crippen molar-refractivity contribution in [1.29, 1.82) is 0 Å². The third-order valence-corrected chi connectivity index (χ3v) is 0.966. The average Bonchev–Trinajstić information content (AvgIpc) is 1.88. The molecule has 0 aliphatic heterocycles. The smallest absolute Gasteiger partial charge is 0.247 e. The second-order valence-corrected chi connectivity index (χ2v) is 1.78. The normalized spacial score (nSPS) is 9.50. The third-order valence-electron chi connectivity index (χ3n) is 0.966. The summed E-state index contributed by atoms with van der Waals surface area (Å²) in [5.74, 6) is -0.353. The van der Waals surface area contributed by atoms with Crippen LogP contribution in [0, 0.1) is 6.92 Å². The maximum Gasteiger partial charge on any atom is 0.247 e. The molecule has 59 valence electrons. The molecule has 1 radical (unpaired) electrons. The molecule has 0 unspecified atom stereocenters. The van der Waals surface area contributed by atoms with E-state index >= 15 is 0 Å². The van der Waals surface area contributed by atoms with E-state index in [0.29, 0.717) is 18.3 Å². The van der Waals surface area contributed by atoms with E-state index in [9.17, 15) is 4.79 Å². The molecule has 4 nitrogen and oxygen atoms in total. The van der Waals surface area contributed by atoms with Gasteiger partial charge in [-0.2, -0.15) is 0 Å². The van der Waals surface area contributed by atoms with Gasteiger partial charge in [-0.05, 0) is 6.92 Å². The van der Waals surface area contributed by atoms with Crippen LogP contribution in [0.5, 0.6) is 0 Å². The molecular formula is C6H12NO3.